The van der Waals surface area contributed by atoms with Crippen molar-refractivity contribution in [1.29, 1.82) is 0 Å². The van der Waals surface area contributed by atoms with Gasteiger partial charge < -0.3 is 9.84 Å². The number of rotatable bonds is 4. The van der Waals surface area contributed by atoms with E-state index in [0.717, 1.165) is 26.2 Å². The minimum Gasteiger partial charge on any atom is -0.481 e. The average molecular weight is 495 g/mol. The van der Waals surface area contributed by atoms with Gasteiger partial charge in [-0.2, -0.15) is 0 Å². The first kappa shape index (κ1) is 31.6. The van der Waals surface area contributed by atoms with Gasteiger partial charge in [-0.3, -0.25) is 14.4 Å². The number of carboxylic acid groups (broad SMARTS) is 1. The van der Waals surface area contributed by atoms with E-state index in [1.54, 1.807) is 0 Å². The predicted octanol–water partition coefficient (Wildman–Crippen LogP) is 7.70. The Hall–Kier alpha value is -1.39. The summed E-state index contributed by atoms with van der Waals surface area (Å²) in [7, 11) is 1.48. The van der Waals surface area contributed by atoms with Crippen molar-refractivity contribution in [2.24, 2.45) is 40.4 Å². The molecule has 5 nitrogen and oxygen atoms in total. The molecule has 7 unspecified atom stereocenters. The topological polar surface area (TPSA) is 80.7 Å². The third-order valence-corrected chi connectivity index (χ3v) is 9.75. The van der Waals surface area contributed by atoms with Crippen molar-refractivity contribution in [3.8, 4) is 0 Å². The van der Waals surface area contributed by atoms with Crippen LogP contribution in [0, 0.1) is 40.4 Å². The van der Waals surface area contributed by atoms with Crippen LogP contribution in [0.15, 0.2) is 0 Å². The first-order valence-corrected chi connectivity index (χ1v) is 14.4. The summed E-state index contributed by atoms with van der Waals surface area (Å²) in [5.74, 6) is 2.57. The first-order chi connectivity index (χ1) is 16.6. The number of aliphatic carboxylic acids is 1. The van der Waals surface area contributed by atoms with E-state index in [1.165, 1.54) is 58.5 Å². The van der Waals surface area contributed by atoms with Crippen LogP contribution in [0.25, 0.3) is 0 Å². The lowest BCUT2D eigenvalue weighted by molar-refractivity contribution is -0.155. The number of carbonyl (C=O) groups is 3. The predicted molar refractivity (Wildman–Crippen MR) is 142 cm³/mol. The van der Waals surface area contributed by atoms with Gasteiger partial charge >= 0.3 is 5.97 Å². The molecule has 0 aliphatic heterocycles. The summed E-state index contributed by atoms with van der Waals surface area (Å²) in [6.07, 6.45) is 13.8. The molecule has 204 valence electrons. The summed E-state index contributed by atoms with van der Waals surface area (Å²) in [6, 6.07) is 0. The third-order valence-electron chi connectivity index (χ3n) is 9.75. The van der Waals surface area contributed by atoms with Gasteiger partial charge in [0.2, 0.25) is 0 Å². The van der Waals surface area contributed by atoms with E-state index < -0.39 is 5.97 Å². The molecule has 0 heterocycles. The highest BCUT2D eigenvalue weighted by Gasteiger charge is 2.61. The lowest BCUT2D eigenvalue weighted by Gasteiger charge is -2.59. The van der Waals surface area contributed by atoms with Gasteiger partial charge in [0.05, 0.1) is 7.11 Å². The second-order valence-electron chi connectivity index (χ2n) is 11.2. The van der Waals surface area contributed by atoms with E-state index in [0.29, 0.717) is 52.6 Å². The number of hydrogen-bond acceptors (Lipinski definition) is 4. The van der Waals surface area contributed by atoms with E-state index in [9.17, 15) is 9.59 Å². The number of ether oxygens (including phenoxy) is 1. The Bertz CT molecular complexity index is 684. The molecule has 0 bridgehead atoms. The summed E-state index contributed by atoms with van der Waals surface area (Å²) in [4.78, 5) is 33.8. The van der Waals surface area contributed by atoms with Crippen molar-refractivity contribution in [3.63, 3.8) is 0 Å². The minimum absolute atomic E-state index is 0.0860. The molecule has 35 heavy (non-hydrogen) atoms. The molecular weight excluding hydrogens is 440 g/mol. The Kier molecular flexibility index (Phi) is 13.0. The first-order valence-electron chi connectivity index (χ1n) is 14.4. The van der Waals surface area contributed by atoms with Crippen molar-refractivity contribution in [3.05, 3.63) is 0 Å². The molecule has 0 amide bonds. The van der Waals surface area contributed by atoms with Crippen LogP contribution in [-0.2, 0) is 19.1 Å². The SMILES string of the molecule is CC.CC.CC(=O)O.COC(=O)CCCC1CCC2C3C(=O)CC4CCCCC4(C)C3CCC12C. The number of hydrogen-bond donors (Lipinski definition) is 1. The summed E-state index contributed by atoms with van der Waals surface area (Å²) in [6.45, 7) is 14.1. The van der Waals surface area contributed by atoms with Crippen molar-refractivity contribution >= 4 is 17.7 Å². The molecule has 4 rings (SSSR count). The number of fused-ring (bicyclic) bond motifs is 5. The highest BCUT2D eigenvalue weighted by Crippen LogP contribution is 2.67. The van der Waals surface area contributed by atoms with Crippen molar-refractivity contribution < 1.29 is 24.2 Å². The maximum atomic E-state index is 13.3. The number of ketones is 1. The molecule has 0 aromatic heterocycles. The number of carbonyl (C=O) groups excluding carboxylic acids is 2. The smallest absolute Gasteiger partial charge is 0.305 e. The molecule has 4 saturated carbocycles. The fraction of sp³-hybridized carbons (Fsp3) is 0.900. The molecule has 0 aromatic carbocycles. The van der Waals surface area contributed by atoms with Gasteiger partial charge in [-0.15, -0.1) is 0 Å². The molecule has 0 radical (unpaired) electrons. The lowest BCUT2D eigenvalue weighted by atomic mass is 9.44. The molecular formula is C30H54O5. The molecule has 1 N–H and O–H groups in total. The molecule has 4 aliphatic rings. The van der Waals surface area contributed by atoms with Gasteiger partial charge in [0.25, 0.3) is 5.97 Å². The third kappa shape index (κ3) is 7.10. The van der Waals surface area contributed by atoms with Crippen molar-refractivity contribution in [2.75, 3.05) is 7.11 Å². The highest BCUT2D eigenvalue weighted by atomic mass is 16.5. The summed E-state index contributed by atoms with van der Waals surface area (Å²) in [5, 5.41) is 7.42. The summed E-state index contributed by atoms with van der Waals surface area (Å²) >= 11 is 0. The Morgan fingerprint density at radius 2 is 1.54 bits per heavy atom. The van der Waals surface area contributed by atoms with Gasteiger partial charge in [-0.1, -0.05) is 54.4 Å². The summed E-state index contributed by atoms with van der Waals surface area (Å²) < 4.78 is 4.81. The normalized spacial score (nSPS) is 36.8. The average Bonchev–Trinajstić information content (AvgIpc) is 3.18. The van der Waals surface area contributed by atoms with Gasteiger partial charge in [0, 0.05) is 25.7 Å². The quantitative estimate of drug-likeness (QED) is 0.405. The van der Waals surface area contributed by atoms with Crippen molar-refractivity contribution in [2.45, 2.75) is 126 Å². The molecule has 4 aliphatic carbocycles. The van der Waals surface area contributed by atoms with Crippen LogP contribution in [0.2, 0.25) is 0 Å². The van der Waals surface area contributed by atoms with Crippen LogP contribution in [0.1, 0.15) is 126 Å². The van der Waals surface area contributed by atoms with Gasteiger partial charge in [0.1, 0.15) is 5.78 Å². The van der Waals surface area contributed by atoms with Gasteiger partial charge in [0.15, 0.2) is 0 Å². The number of carboxylic acids is 1. The standard InChI is InChI=1S/C24H38O3.C2H4O2.2C2H6/c1-23-13-5-4-7-17(23)15-20(25)22-18-11-10-16(8-6-9-21(26)27-3)24(18,2)14-12-19(22)23;1-2(3)4;2*1-2/h16-19,22H,4-15H2,1-3H3;1H3,(H,3,4);2*1-2H3. The molecule has 5 heteroatoms. The Balaban J connectivity index is 0.000000684. The van der Waals surface area contributed by atoms with Gasteiger partial charge in [-0.05, 0) is 85.9 Å². The molecule has 7 atom stereocenters. The number of methoxy groups -OCH3 is 1. The fourth-order valence-electron chi connectivity index (χ4n) is 8.14. The molecule has 0 aromatic rings. The largest absolute Gasteiger partial charge is 0.481 e. The molecule has 0 spiro atoms. The van der Waals surface area contributed by atoms with Crippen LogP contribution in [-0.4, -0.2) is 29.9 Å². The highest BCUT2D eigenvalue weighted by molar-refractivity contribution is 5.83. The van der Waals surface area contributed by atoms with E-state index in [1.807, 2.05) is 27.7 Å². The lowest BCUT2D eigenvalue weighted by Crippen LogP contribution is -2.56. The fourth-order valence-corrected chi connectivity index (χ4v) is 8.14. The van der Waals surface area contributed by atoms with E-state index in [-0.39, 0.29) is 5.97 Å². The van der Waals surface area contributed by atoms with Crippen LogP contribution in [0.5, 0.6) is 0 Å². The van der Waals surface area contributed by atoms with E-state index >= 15 is 0 Å². The number of esters is 1. The van der Waals surface area contributed by atoms with E-state index in [2.05, 4.69) is 13.8 Å². The zero-order valence-electron chi connectivity index (χ0n) is 24.0. The zero-order chi connectivity index (χ0) is 26.8. The molecule has 4 fully saturated rings. The Labute approximate surface area is 215 Å². The maximum Gasteiger partial charge on any atom is 0.305 e. The molecule has 0 saturated heterocycles. The van der Waals surface area contributed by atoms with Crippen LogP contribution in [0.4, 0.5) is 0 Å². The second kappa shape index (κ2) is 14.4. The van der Waals surface area contributed by atoms with Crippen LogP contribution in [0.3, 0.4) is 0 Å². The van der Waals surface area contributed by atoms with Crippen LogP contribution < -0.4 is 0 Å². The monoisotopic (exact) mass is 494 g/mol. The van der Waals surface area contributed by atoms with Crippen molar-refractivity contribution in [1.82, 2.24) is 0 Å². The second-order valence-corrected chi connectivity index (χ2v) is 11.2. The zero-order valence-corrected chi connectivity index (χ0v) is 24.0. The maximum absolute atomic E-state index is 13.3. The Morgan fingerprint density at radius 3 is 2.14 bits per heavy atom. The minimum atomic E-state index is -0.833. The number of Topliss-reactive ketones (excluding diaryl/α,β-unsaturated/α-hetero) is 1. The van der Waals surface area contributed by atoms with Crippen LogP contribution >= 0.6 is 0 Å². The summed E-state index contributed by atoms with van der Waals surface area (Å²) in [5.41, 5.74) is 0.728. The Morgan fingerprint density at radius 1 is 0.943 bits per heavy atom. The van der Waals surface area contributed by atoms with E-state index in [4.69, 9.17) is 14.6 Å². The van der Waals surface area contributed by atoms with Gasteiger partial charge in [-0.25, -0.2) is 0 Å².